The predicted molar refractivity (Wildman–Crippen MR) is 74.1 cm³/mol. The van der Waals surface area contributed by atoms with Crippen molar-refractivity contribution in [2.24, 2.45) is 11.1 Å². The van der Waals surface area contributed by atoms with Crippen molar-refractivity contribution in [3.63, 3.8) is 0 Å². The molecule has 1 atom stereocenters. The Balaban J connectivity index is 2.02. The number of hydrogen-bond donors (Lipinski definition) is 2. The van der Waals surface area contributed by atoms with Crippen molar-refractivity contribution in [3.8, 4) is 0 Å². The van der Waals surface area contributed by atoms with Crippen molar-refractivity contribution in [1.29, 1.82) is 0 Å². The van der Waals surface area contributed by atoms with Crippen LogP contribution < -0.4 is 11.1 Å². The van der Waals surface area contributed by atoms with E-state index < -0.39 is 5.41 Å². The van der Waals surface area contributed by atoms with Gasteiger partial charge in [0.1, 0.15) is 0 Å². The predicted octanol–water partition coefficient (Wildman–Crippen LogP) is 2.30. The molecule has 1 unspecified atom stereocenters. The summed E-state index contributed by atoms with van der Waals surface area (Å²) >= 11 is 6.66. The second kappa shape index (κ2) is 4.38. The average molecular weight is 268 g/mol. The van der Waals surface area contributed by atoms with Gasteiger partial charge in [-0.05, 0) is 38.8 Å². The average Bonchev–Trinajstić information content (AvgIpc) is 2.96. The molecule has 1 fully saturated rings. The number of thiophene rings is 1. The molecule has 5 heteroatoms. The number of amides is 1. The van der Waals surface area contributed by atoms with Crippen LogP contribution in [0.15, 0.2) is 12.1 Å². The molecule has 1 saturated carbocycles. The number of hydrogen-bond acceptors (Lipinski definition) is 3. The molecular formula is C12H16N2OS2. The fourth-order valence-electron chi connectivity index (χ4n) is 1.80. The summed E-state index contributed by atoms with van der Waals surface area (Å²) in [7, 11) is 0. The summed E-state index contributed by atoms with van der Waals surface area (Å²) < 4.78 is 0. The lowest BCUT2D eigenvalue weighted by Crippen LogP contribution is -2.40. The molecule has 0 spiro atoms. The first kappa shape index (κ1) is 12.5. The highest BCUT2D eigenvalue weighted by Gasteiger charge is 2.52. The largest absolute Gasteiger partial charge is 0.392 e. The maximum atomic E-state index is 12.1. The molecule has 0 saturated heterocycles. The van der Waals surface area contributed by atoms with E-state index in [-0.39, 0.29) is 11.9 Å². The van der Waals surface area contributed by atoms with E-state index in [9.17, 15) is 4.79 Å². The van der Waals surface area contributed by atoms with Crippen LogP contribution in [0.4, 0.5) is 0 Å². The zero-order valence-electron chi connectivity index (χ0n) is 9.95. The van der Waals surface area contributed by atoms with Crippen LogP contribution in [0.5, 0.6) is 0 Å². The zero-order valence-corrected chi connectivity index (χ0v) is 11.6. The molecule has 1 heterocycles. The maximum absolute atomic E-state index is 12.1. The van der Waals surface area contributed by atoms with Gasteiger partial charge in [0.15, 0.2) is 0 Å². The molecule has 17 heavy (non-hydrogen) atoms. The highest BCUT2D eigenvalue weighted by molar-refractivity contribution is 7.80. The molecule has 92 valence electrons. The number of carbonyl (C=O) groups is 1. The first-order valence-electron chi connectivity index (χ1n) is 5.63. The van der Waals surface area contributed by atoms with Gasteiger partial charge in [0.25, 0.3) is 0 Å². The third-order valence-electron chi connectivity index (χ3n) is 3.19. The van der Waals surface area contributed by atoms with Gasteiger partial charge in [0.2, 0.25) is 5.91 Å². The lowest BCUT2D eigenvalue weighted by molar-refractivity contribution is -0.124. The van der Waals surface area contributed by atoms with Crippen LogP contribution in [0.2, 0.25) is 0 Å². The van der Waals surface area contributed by atoms with Crippen molar-refractivity contribution < 1.29 is 4.79 Å². The van der Waals surface area contributed by atoms with Crippen LogP contribution in [-0.2, 0) is 4.79 Å². The Morgan fingerprint density at radius 2 is 2.24 bits per heavy atom. The molecule has 1 amide bonds. The van der Waals surface area contributed by atoms with Gasteiger partial charge in [-0.15, -0.1) is 11.3 Å². The summed E-state index contributed by atoms with van der Waals surface area (Å²) in [6.45, 7) is 4.04. The van der Waals surface area contributed by atoms with Gasteiger partial charge in [-0.1, -0.05) is 12.2 Å². The third-order valence-corrected chi connectivity index (χ3v) is 4.77. The van der Waals surface area contributed by atoms with Gasteiger partial charge in [-0.25, -0.2) is 0 Å². The fraction of sp³-hybridized carbons (Fsp3) is 0.500. The molecule has 0 bridgehead atoms. The Kier molecular flexibility index (Phi) is 3.23. The molecule has 1 aromatic rings. The van der Waals surface area contributed by atoms with Gasteiger partial charge in [-0.3, -0.25) is 4.79 Å². The van der Waals surface area contributed by atoms with E-state index in [1.165, 1.54) is 4.88 Å². The van der Waals surface area contributed by atoms with Crippen LogP contribution in [0.3, 0.4) is 0 Å². The monoisotopic (exact) mass is 268 g/mol. The molecule has 2 rings (SSSR count). The van der Waals surface area contributed by atoms with Gasteiger partial charge >= 0.3 is 0 Å². The van der Waals surface area contributed by atoms with Crippen LogP contribution in [0.25, 0.3) is 0 Å². The van der Waals surface area contributed by atoms with Crippen molar-refractivity contribution in [1.82, 2.24) is 5.32 Å². The lowest BCUT2D eigenvalue weighted by Gasteiger charge is -2.17. The molecule has 1 aliphatic carbocycles. The quantitative estimate of drug-likeness (QED) is 0.824. The maximum Gasteiger partial charge on any atom is 0.233 e. The van der Waals surface area contributed by atoms with E-state index in [0.717, 1.165) is 17.7 Å². The highest BCUT2D eigenvalue weighted by Crippen LogP contribution is 2.46. The van der Waals surface area contributed by atoms with E-state index in [1.807, 2.05) is 13.0 Å². The Labute approximate surface area is 110 Å². The molecule has 1 aliphatic rings. The molecule has 1 aromatic heterocycles. The SMILES string of the molecule is Cc1ccc(C(C)NC(=O)C2(C(N)=S)CC2)s1. The smallest absolute Gasteiger partial charge is 0.233 e. The highest BCUT2D eigenvalue weighted by atomic mass is 32.1. The van der Waals surface area contributed by atoms with Crippen LogP contribution in [0.1, 0.15) is 35.6 Å². The molecule has 0 aromatic carbocycles. The number of nitrogens with one attached hydrogen (secondary N) is 1. The molecular weight excluding hydrogens is 252 g/mol. The fourth-order valence-corrected chi connectivity index (χ4v) is 2.98. The second-order valence-electron chi connectivity index (χ2n) is 4.59. The van der Waals surface area contributed by atoms with E-state index in [1.54, 1.807) is 11.3 Å². The van der Waals surface area contributed by atoms with Gasteiger partial charge in [-0.2, -0.15) is 0 Å². The van der Waals surface area contributed by atoms with E-state index in [2.05, 4.69) is 18.3 Å². The number of aryl methyl sites for hydroxylation is 1. The number of nitrogens with two attached hydrogens (primary N) is 1. The molecule has 3 nitrogen and oxygen atoms in total. The normalized spacial score (nSPS) is 18.5. The minimum atomic E-state index is -0.560. The summed E-state index contributed by atoms with van der Waals surface area (Å²) in [5.41, 5.74) is 5.07. The topological polar surface area (TPSA) is 55.1 Å². The standard InChI is InChI=1S/C12H16N2OS2/c1-7-3-4-9(17-7)8(2)14-11(15)12(5-6-12)10(13)16/h3-4,8H,5-6H2,1-2H3,(H2,13,16)(H,14,15). The van der Waals surface area contributed by atoms with Crippen molar-refractivity contribution in [3.05, 3.63) is 21.9 Å². The van der Waals surface area contributed by atoms with Crippen molar-refractivity contribution in [2.75, 3.05) is 0 Å². The second-order valence-corrected chi connectivity index (χ2v) is 6.35. The summed E-state index contributed by atoms with van der Waals surface area (Å²) in [6.07, 6.45) is 1.56. The first-order valence-corrected chi connectivity index (χ1v) is 6.85. The van der Waals surface area contributed by atoms with Crippen LogP contribution in [0, 0.1) is 12.3 Å². The van der Waals surface area contributed by atoms with Crippen LogP contribution >= 0.6 is 23.6 Å². The Morgan fingerprint density at radius 1 is 1.59 bits per heavy atom. The summed E-state index contributed by atoms with van der Waals surface area (Å²) in [6, 6.07) is 4.13. The minimum Gasteiger partial charge on any atom is -0.392 e. The van der Waals surface area contributed by atoms with Crippen LogP contribution in [-0.4, -0.2) is 10.9 Å². The van der Waals surface area contributed by atoms with Gasteiger partial charge in [0, 0.05) is 9.75 Å². The van der Waals surface area contributed by atoms with Gasteiger partial charge in [0.05, 0.1) is 16.4 Å². The molecule has 0 radical (unpaired) electrons. The number of rotatable bonds is 4. The van der Waals surface area contributed by atoms with Crippen molar-refractivity contribution in [2.45, 2.75) is 32.7 Å². The lowest BCUT2D eigenvalue weighted by atomic mass is 10.1. The van der Waals surface area contributed by atoms with Crippen molar-refractivity contribution >= 4 is 34.5 Å². The van der Waals surface area contributed by atoms with E-state index in [4.69, 9.17) is 18.0 Å². The summed E-state index contributed by atoms with van der Waals surface area (Å²) in [5, 5.41) is 3.00. The Morgan fingerprint density at radius 3 is 2.65 bits per heavy atom. The molecule has 0 aliphatic heterocycles. The summed E-state index contributed by atoms with van der Waals surface area (Å²) in [4.78, 5) is 14.8. The Bertz CT molecular complexity index is 463. The number of carbonyl (C=O) groups excluding carboxylic acids is 1. The zero-order chi connectivity index (χ0) is 12.6. The first-order chi connectivity index (χ1) is 7.95. The van der Waals surface area contributed by atoms with E-state index >= 15 is 0 Å². The minimum absolute atomic E-state index is 0.0213. The summed E-state index contributed by atoms with van der Waals surface area (Å²) in [5.74, 6) is -0.0245. The molecule has 3 N–H and O–H groups in total. The third kappa shape index (κ3) is 2.35. The van der Waals surface area contributed by atoms with Gasteiger partial charge < -0.3 is 11.1 Å². The number of thiocarbonyl (C=S) groups is 1. The van der Waals surface area contributed by atoms with E-state index in [0.29, 0.717) is 4.99 Å². The Hall–Kier alpha value is -0.940.